The highest BCUT2D eigenvalue weighted by atomic mass is 16.5. The number of ether oxygens (including phenoxy) is 1. The fourth-order valence-corrected chi connectivity index (χ4v) is 4.42. The second kappa shape index (κ2) is 7.97. The van der Waals surface area contributed by atoms with Crippen molar-refractivity contribution in [2.45, 2.75) is 18.9 Å². The zero-order chi connectivity index (χ0) is 20.5. The smallest absolute Gasteiger partial charge is 0.269 e. The van der Waals surface area contributed by atoms with E-state index in [9.17, 15) is 4.79 Å². The van der Waals surface area contributed by atoms with E-state index < -0.39 is 5.91 Å². The van der Waals surface area contributed by atoms with Gasteiger partial charge in [0.1, 0.15) is 6.33 Å². The molecule has 0 bridgehead atoms. The number of benzene rings is 1. The van der Waals surface area contributed by atoms with Crippen LogP contribution in [-0.4, -0.2) is 63.4 Å². The van der Waals surface area contributed by atoms with Crippen molar-refractivity contribution in [3.8, 4) is 11.4 Å². The minimum atomic E-state index is -0.499. The number of rotatable bonds is 5. The standard InChI is InChI=1S/C22H24N6O2/c23-22(29)20-17-7-6-16-12-24-14-25-19(16)21(17)28(26-20)18(15-4-2-1-3-5-15)13-27-8-10-30-11-9-27/h1-5,12,14,18H,6-11,13H2,(H2,23,29)/t18-/m1/s1. The van der Waals surface area contributed by atoms with Crippen molar-refractivity contribution < 1.29 is 9.53 Å². The van der Waals surface area contributed by atoms with Gasteiger partial charge < -0.3 is 10.5 Å². The number of primary amides is 1. The molecule has 3 heterocycles. The maximum Gasteiger partial charge on any atom is 0.269 e. The zero-order valence-corrected chi connectivity index (χ0v) is 16.7. The van der Waals surface area contributed by atoms with Crippen LogP contribution in [0.2, 0.25) is 0 Å². The lowest BCUT2D eigenvalue weighted by molar-refractivity contribution is 0.0331. The zero-order valence-electron chi connectivity index (χ0n) is 16.7. The van der Waals surface area contributed by atoms with Crippen LogP contribution in [0.1, 0.15) is 33.2 Å². The molecule has 8 heteroatoms. The Morgan fingerprint density at radius 2 is 1.97 bits per heavy atom. The molecule has 1 fully saturated rings. The fraction of sp³-hybridized carbons (Fsp3) is 0.364. The van der Waals surface area contributed by atoms with Crippen molar-refractivity contribution in [1.82, 2.24) is 24.6 Å². The van der Waals surface area contributed by atoms with E-state index in [2.05, 4.69) is 27.0 Å². The van der Waals surface area contributed by atoms with Crippen LogP contribution in [0.4, 0.5) is 0 Å². The molecule has 0 radical (unpaired) electrons. The summed E-state index contributed by atoms with van der Waals surface area (Å²) < 4.78 is 7.49. The Balaban J connectivity index is 1.67. The van der Waals surface area contributed by atoms with Crippen LogP contribution in [-0.2, 0) is 17.6 Å². The van der Waals surface area contributed by atoms with Crippen LogP contribution in [0, 0.1) is 0 Å². The van der Waals surface area contributed by atoms with E-state index in [1.807, 2.05) is 29.1 Å². The summed E-state index contributed by atoms with van der Waals surface area (Å²) in [5.74, 6) is -0.499. The monoisotopic (exact) mass is 404 g/mol. The lowest BCUT2D eigenvalue weighted by Crippen LogP contribution is -2.40. The van der Waals surface area contributed by atoms with Gasteiger partial charge in [-0.2, -0.15) is 5.10 Å². The Kier molecular flexibility index (Phi) is 5.02. The minimum Gasteiger partial charge on any atom is -0.379 e. The molecule has 8 nitrogen and oxygen atoms in total. The average Bonchev–Trinajstić information content (AvgIpc) is 3.19. The molecule has 1 atom stereocenters. The van der Waals surface area contributed by atoms with Gasteiger partial charge in [-0.05, 0) is 24.0 Å². The van der Waals surface area contributed by atoms with Crippen LogP contribution in [0.25, 0.3) is 11.4 Å². The van der Waals surface area contributed by atoms with Crippen LogP contribution in [0.15, 0.2) is 42.9 Å². The normalized spacial score (nSPS) is 17.2. The van der Waals surface area contributed by atoms with Gasteiger partial charge in [-0.1, -0.05) is 30.3 Å². The molecule has 0 saturated carbocycles. The molecule has 154 valence electrons. The topological polar surface area (TPSA) is 99.2 Å². The molecule has 3 aromatic rings. The number of amides is 1. The summed E-state index contributed by atoms with van der Waals surface area (Å²) in [6.45, 7) is 3.95. The molecular formula is C22H24N6O2. The maximum atomic E-state index is 12.2. The number of hydrogen-bond donors (Lipinski definition) is 1. The van der Waals surface area contributed by atoms with E-state index in [0.29, 0.717) is 12.1 Å². The molecule has 5 rings (SSSR count). The fourth-order valence-electron chi connectivity index (χ4n) is 4.42. The first-order valence-electron chi connectivity index (χ1n) is 10.3. The maximum absolute atomic E-state index is 12.2. The Labute approximate surface area is 174 Å². The van der Waals surface area contributed by atoms with Gasteiger partial charge in [-0.25, -0.2) is 9.97 Å². The van der Waals surface area contributed by atoms with Gasteiger partial charge in [-0.3, -0.25) is 14.4 Å². The number of morpholine rings is 1. The van der Waals surface area contributed by atoms with Gasteiger partial charge >= 0.3 is 0 Å². The van der Waals surface area contributed by atoms with E-state index >= 15 is 0 Å². The second-order valence-corrected chi connectivity index (χ2v) is 7.72. The number of aryl methyl sites for hydroxylation is 1. The predicted octanol–water partition coefficient (Wildman–Crippen LogP) is 1.46. The lowest BCUT2D eigenvalue weighted by Gasteiger charge is -2.32. The number of fused-ring (bicyclic) bond motifs is 3. The highest BCUT2D eigenvalue weighted by Crippen LogP contribution is 2.36. The lowest BCUT2D eigenvalue weighted by atomic mass is 9.92. The summed E-state index contributed by atoms with van der Waals surface area (Å²) in [6.07, 6.45) is 4.88. The molecule has 30 heavy (non-hydrogen) atoms. The Bertz CT molecular complexity index is 1060. The molecule has 0 spiro atoms. The largest absolute Gasteiger partial charge is 0.379 e. The molecule has 1 aliphatic carbocycles. The summed E-state index contributed by atoms with van der Waals surface area (Å²) in [4.78, 5) is 23.4. The van der Waals surface area contributed by atoms with E-state index in [-0.39, 0.29) is 6.04 Å². The van der Waals surface area contributed by atoms with Gasteiger partial charge in [0.05, 0.1) is 30.6 Å². The SMILES string of the molecule is NC(=O)c1nn([C@H](CN2CCOCC2)c2ccccc2)c2c1CCc1cncnc1-2. The molecule has 1 saturated heterocycles. The molecule has 1 amide bonds. The van der Waals surface area contributed by atoms with Crippen molar-refractivity contribution >= 4 is 5.91 Å². The number of nitrogens with two attached hydrogens (primary N) is 1. The van der Waals surface area contributed by atoms with Crippen LogP contribution >= 0.6 is 0 Å². The third kappa shape index (κ3) is 3.38. The van der Waals surface area contributed by atoms with E-state index in [1.165, 1.54) is 0 Å². The number of carbonyl (C=O) groups is 1. The summed E-state index contributed by atoms with van der Waals surface area (Å²) in [6, 6.07) is 10.2. The highest BCUT2D eigenvalue weighted by Gasteiger charge is 2.32. The van der Waals surface area contributed by atoms with Crippen molar-refractivity contribution in [3.05, 3.63) is 65.2 Å². The van der Waals surface area contributed by atoms with Crippen LogP contribution < -0.4 is 5.73 Å². The first-order valence-corrected chi connectivity index (χ1v) is 10.3. The number of nitrogens with zero attached hydrogens (tertiary/aromatic N) is 5. The van der Waals surface area contributed by atoms with Gasteiger partial charge in [0.2, 0.25) is 0 Å². The summed E-state index contributed by atoms with van der Waals surface area (Å²) in [7, 11) is 0. The van der Waals surface area contributed by atoms with E-state index in [0.717, 1.165) is 67.3 Å². The molecule has 1 aromatic carbocycles. The van der Waals surface area contributed by atoms with E-state index in [1.54, 1.807) is 6.33 Å². The minimum absolute atomic E-state index is 0.0768. The summed E-state index contributed by atoms with van der Waals surface area (Å²) >= 11 is 0. The summed E-state index contributed by atoms with van der Waals surface area (Å²) in [5, 5.41) is 4.76. The Morgan fingerprint density at radius 3 is 2.73 bits per heavy atom. The molecule has 1 aliphatic heterocycles. The number of carbonyl (C=O) groups excluding carboxylic acids is 1. The molecule has 2 aromatic heterocycles. The van der Waals surface area contributed by atoms with Gasteiger partial charge in [0.15, 0.2) is 5.69 Å². The highest BCUT2D eigenvalue weighted by molar-refractivity contribution is 5.94. The Morgan fingerprint density at radius 1 is 1.17 bits per heavy atom. The van der Waals surface area contributed by atoms with Crippen molar-refractivity contribution in [2.24, 2.45) is 5.73 Å². The van der Waals surface area contributed by atoms with Gasteiger partial charge in [0, 0.05) is 31.4 Å². The van der Waals surface area contributed by atoms with Crippen molar-refractivity contribution in [1.29, 1.82) is 0 Å². The predicted molar refractivity (Wildman–Crippen MR) is 111 cm³/mol. The Hall–Kier alpha value is -3.10. The second-order valence-electron chi connectivity index (χ2n) is 7.72. The average molecular weight is 404 g/mol. The number of aromatic nitrogens is 4. The first-order chi connectivity index (χ1) is 14.7. The van der Waals surface area contributed by atoms with Crippen molar-refractivity contribution in [2.75, 3.05) is 32.8 Å². The van der Waals surface area contributed by atoms with Crippen LogP contribution in [0.3, 0.4) is 0 Å². The molecular weight excluding hydrogens is 380 g/mol. The van der Waals surface area contributed by atoms with Gasteiger partial charge in [-0.15, -0.1) is 0 Å². The number of hydrogen-bond acceptors (Lipinski definition) is 6. The molecule has 0 unspecified atom stereocenters. The quantitative estimate of drug-likeness (QED) is 0.691. The summed E-state index contributed by atoms with van der Waals surface area (Å²) in [5.41, 5.74) is 10.9. The third-order valence-electron chi connectivity index (χ3n) is 5.91. The first kappa shape index (κ1) is 18.9. The van der Waals surface area contributed by atoms with Gasteiger partial charge in [0.25, 0.3) is 5.91 Å². The molecule has 2 aliphatic rings. The van der Waals surface area contributed by atoms with E-state index in [4.69, 9.17) is 15.6 Å². The molecule has 2 N–H and O–H groups in total. The van der Waals surface area contributed by atoms with Crippen LogP contribution in [0.5, 0.6) is 0 Å². The van der Waals surface area contributed by atoms with Crippen molar-refractivity contribution in [3.63, 3.8) is 0 Å². The third-order valence-corrected chi connectivity index (χ3v) is 5.91.